The van der Waals surface area contributed by atoms with Gasteiger partial charge in [0.2, 0.25) is 0 Å². The molecule has 6 heteroatoms. The Balaban J connectivity index is 2.44. The van der Waals surface area contributed by atoms with E-state index in [0.29, 0.717) is 13.1 Å². The first-order valence-corrected chi connectivity index (χ1v) is 6.26. The predicted octanol–water partition coefficient (Wildman–Crippen LogP) is 1.59. The van der Waals surface area contributed by atoms with Crippen LogP contribution in [0.4, 0.5) is 0 Å². The summed E-state index contributed by atoms with van der Waals surface area (Å²) in [6.07, 6.45) is 1.85. The molecule has 4 nitrogen and oxygen atoms in total. The summed E-state index contributed by atoms with van der Waals surface area (Å²) in [5, 5.41) is 11.3. The Morgan fingerprint density at radius 3 is 2.06 bits per heavy atom. The second-order valence-electron chi connectivity index (χ2n) is 4.10. The molecule has 18 heavy (non-hydrogen) atoms. The molecule has 0 unspecified atom stereocenters. The topological polar surface area (TPSA) is 60.4 Å². The van der Waals surface area contributed by atoms with Crippen molar-refractivity contribution in [3.05, 3.63) is 33.3 Å². The van der Waals surface area contributed by atoms with E-state index in [9.17, 15) is 14.7 Å². The highest BCUT2D eigenvalue weighted by molar-refractivity contribution is 6.42. The van der Waals surface area contributed by atoms with Crippen LogP contribution in [0, 0.1) is 0 Å². The number of rotatable bonds is 2. The molecule has 0 aromatic heterocycles. The maximum absolute atomic E-state index is 12.2. The number of carboxylic acids is 1. The average Bonchev–Trinajstić information content (AvgIpc) is 2.84. The molecule has 0 saturated carbocycles. The van der Waals surface area contributed by atoms with Crippen molar-refractivity contribution in [2.45, 2.75) is 12.8 Å². The fourth-order valence-corrected chi connectivity index (χ4v) is 2.31. The van der Waals surface area contributed by atoms with Gasteiger partial charge in [0.05, 0.1) is 21.6 Å². The standard InChI is InChI=1S/C12H11Cl2NO3/c13-9-5-7(8(12(17)18)6-10(9)14)11(16)15-3-1-2-4-15/h5-6H,1-4H2,(H,17,18)/p-1. The second kappa shape index (κ2) is 5.16. The van der Waals surface area contributed by atoms with Crippen molar-refractivity contribution < 1.29 is 14.7 Å². The van der Waals surface area contributed by atoms with E-state index in [1.807, 2.05) is 0 Å². The number of hydrogen-bond donors (Lipinski definition) is 0. The number of aromatic carboxylic acids is 1. The zero-order valence-electron chi connectivity index (χ0n) is 9.41. The minimum absolute atomic E-state index is 0.0336. The summed E-state index contributed by atoms with van der Waals surface area (Å²) >= 11 is 11.6. The number of benzene rings is 1. The van der Waals surface area contributed by atoms with Crippen molar-refractivity contribution in [2.75, 3.05) is 13.1 Å². The van der Waals surface area contributed by atoms with Crippen LogP contribution in [-0.2, 0) is 0 Å². The fourth-order valence-electron chi connectivity index (χ4n) is 1.98. The molecule has 0 aliphatic carbocycles. The molecule has 1 fully saturated rings. The fraction of sp³-hybridized carbons (Fsp3) is 0.333. The first-order chi connectivity index (χ1) is 8.50. The Morgan fingerprint density at radius 2 is 1.56 bits per heavy atom. The van der Waals surface area contributed by atoms with Gasteiger partial charge >= 0.3 is 0 Å². The third kappa shape index (κ3) is 2.44. The van der Waals surface area contributed by atoms with E-state index in [1.165, 1.54) is 6.07 Å². The van der Waals surface area contributed by atoms with Gasteiger partial charge < -0.3 is 14.8 Å². The Hall–Kier alpha value is -1.26. The summed E-state index contributed by atoms with van der Waals surface area (Å²) in [7, 11) is 0. The molecule has 0 bridgehead atoms. The molecule has 2 rings (SSSR count). The molecule has 1 heterocycles. The average molecular weight is 287 g/mol. The molecule has 1 aromatic carbocycles. The molecule has 0 N–H and O–H groups in total. The summed E-state index contributed by atoms with van der Waals surface area (Å²) in [5.74, 6) is -1.78. The highest BCUT2D eigenvalue weighted by Gasteiger charge is 2.23. The number of likely N-dealkylation sites (tertiary alicyclic amines) is 1. The highest BCUT2D eigenvalue weighted by Crippen LogP contribution is 2.27. The number of carbonyl (C=O) groups is 2. The van der Waals surface area contributed by atoms with Crippen LogP contribution in [0.5, 0.6) is 0 Å². The minimum atomic E-state index is -1.43. The van der Waals surface area contributed by atoms with Gasteiger partial charge in [-0.25, -0.2) is 0 Å². The lowest BCUT2D eigenvalue weighted by Crippen LogP contribution is -2.32. The van der Waals surface area contributed by atoms with Crippen LogP contribution >= 0.6 is 23.2 Å². The van der Waals surface area contributed by atoms with Crippen LogP contribution in [0.2, 0.25) is 10.0 Å². The molecule has 1 aliphatic heterocycles. The molecule has 1 saturated heterocycles. The predicted molar refractivity (Wildman–Crippen MR) is 65.9 cm³/mol. The van der Waals surface area contributed by atoms with E-state index in [0.717, 1.165) is 18.9 Å². The Labute approximate surface area is 114 Å². The summed E-state index contributed by atoms with van der Waals surface area (Å²) in [6, 6.07) is 2.44. The van der Waals surface area contributed by atoms with Crippen molar-refractivity contribution in [1.82, 2.24) is 4.90 Å². The van der Waals surface area contributed by atoms with Gasteiger partial charge in [-0.1, -0.05) is 23.2 Å². The number of nitrogens with zero attached hydrogens (tertiary/aromatic N) is 1. The van der Waals surface area contributed by atoms with E-state index < -0.39 is 5.97 Å². The van der Waals surface area contributed by atoms with Crippen LogP contribution in [0.1, 0.15) is 33.6 Å². The zero-order chi connectivity index (χ0) is 13.3. The molecule has 0 atom stereocenters. The van der Waals surface area contributed by atoms with E-state index >= 15 is 0 Å². The quantitative estimate of drug-likeness (QED) is 0.830. The molecule has 0 spiro atoms. The first-order valence-electron chi connectivity index (χ1n) is 5.50. The summed E-state index contributed by atoms with van der Waals surface area (Å²) in [5.41, 5.74) is -0.187. The maximum Gasteiger partial charge on any atom is 0.254 e. The van der Waals surface area contributed by atoms with Crippen molar-refractivity contribution in [3.63, 3.8) is 0 Å². The number of carboxylic acid groups (broad SMARTS) is 1. The third-order valence-corrected chi connectivity index (χ3v) is 3.63. The molecule has 1 aliphatic rings. The number of halogens is 2. The maximum atomic E-state index is 12.2. The SMILES string of the molecule is O=C([O-])c1cc(Cl)c(Cl)cc1C(=O)N1CCCC1. The van der Waals surface area contributed by atoms with Gasteiger partial charge in [-0.05, 0) is 25.0 Å². The summed E-state index contributed by atoms with van der Waals surface area (Å²) in [4.78, 5) is 24.8. The van der Waals surface area contributed by atoms with E-state index in [1.54, 1.807) is 4.90 Å². The van der Waals surface area contributed by atoms with E-state index in [4.69, 9.17) is 23.2 Å². The van der Waals surface area contributed by atoms with Crippen molar-refractivity contribution in [2.24, 2.45) is 0 Å². The molecular formula is C12H10Cl2NO3-. The summed E-state index contributed by atoms with van der Waals surface area (Å²) in [6.45, 7) is 1.26. The third-order valence-electron chi connectivity index (χ3n) is 2.90. The molecule has 96 valence electrons. The van der Waals surface area contributed by atoms with Crippen LogP contribution in [0.25, 0.3) is 0 Å². The van der Waals surface area contributed by atoms with Crippen LogP contribution < -0.4 is 5.11 Å². The Bertz CT molecular complexity index is 510. The lowest BCUT2D eigenvalue weighted by Gasteiger charge is -2.18. The van der Waals surface area contributed by atoms with Gasteiger partial charge in [-0.15, -0.1) is 0 Å². The van der Waals surface area contributed by atoms with Crippen LogP contribution in [0.15, 0.2) is 12.1 Å². The van der Waals surface area contributed by atoms with Crippen LogP contribution in [-0.4, -0.2) is 29.9 Å². The minimum Gasteiger partial charge on any atom is -0.545 e. The molecule has 1 amide bonds. The van der Waals surface area contributed by atoms with Gasteiger partial charge in [0.1, 0.15) is 0 Å². The monoisotopic (exact) mass is 286 g/mol. The second-order valence-corrected chi connectivity index (χ2v) is 4.91. The normalized spacial score (nSPS) is 14.9. The first kappa shape index (κ1) is 13.2. The van der Waals surface area contributed by atoms with E-state index in [-0.39, 0.29) is 27.1 Å². The van der Waals surface area contributed by atoms with Crippen LogP contribution in [0.3, 0.4) is 0 Å². The number of hydrogen-bond acceptors (Lipinski definition) is 3. The lowest BCUT2D eigenvalue weighted by atomic mass is 10.1. The van der Waals surface area contributed by atoms with Gasteiger partial charge in [-0.3, -0.25) is 4.79 Å². The van der Waals surface area contributed by atoms with Gasteiger partial charge in [-0.2, -0.15) is 0 Å². The smallest absolute Gasteiger partial charge is 0.254 e. The number of amides is 1. The lowest BCUT2D eigenvalue weighted by molar-refractivity contribution is -0.255. The number of carbonyl (C=O) groups excluding carboxylic acids is 2. The Kier molecular flexibility index (Phi) is 3.78. The van der Waals surface area contributed by atoms with Crippen molar-refractivity contribution in [1.29, 1.82) is 0 Å². The molecular weight excluding hydrogens is 277 g/mol. The van der Waals surface area contributed by atoms with Gasteiger partial charge in [0.15, 0.2) is 0 Å². The van der Waals surface area contributed by atoms with E-state index in [2.05, 4.69) is 0 Å². The largest absolute Gasteiger partial charge is 0.545 e. The highest BCUT2D eigenvalue weighted by atomic mass is 35.5. The zero-order valence-corrected chi connectivity index (χ0v) is 10.9. The van der Waals surface area contributed by atoms with Gasteiger partial charge in [0, 0.05) is 18.7 Å². The molecule has 1 aromatic rings. The van der Waals surface area contributed by atoms with Crippen molar-refractivity contribution in [3.8, 4) is 0 Å². The summed E-state index contributed by atoms with van der Waals surface area (Å²) < 4.78 is 0. The van der Waals surface area contributed by atoms with Crippen molar-refractivity contribution >= 4 is 35.1 Å². The molecule has 0 radical (unpaired) electrons. The van der Waals surface area contributed by atoms with Gasteiger partial charge in [0.25, 0.3) is 5.91 Å². The Morgan fingerprint density at radius 1 is 1.06 bits per heavy atom.